The molecule has 0 bridgehead atoms. The first-order valence-electron chi connectivity index (χ1n) is 4.78. The molecule has 0 aliphatic heterocycles. The molecule has 0 radical (unpaired) electrons. The van der Waals surface area contributed by atoms with Gasteiger partial charge in [-0.2, -0.15) is 0 Å². The lowest BCUT2D eigenvalue weighted by molar-refractivity contribution is 0.262. The highest BCUT2D eigenvalue weighted by Gasteiger charge is 1.90. The quantitative estimate of drug-likeness (QED) is 0.532. The van der Waals surface area contributed by atoms with Gasteiger partial charge in [0, 0.05) is 6.54 Å². The van der Waals surface area contributed by atoms with Crippen molar-refractivity contribution in [1.82, 2.24) is 5.32 Å². The number of hydrogen-bond donors (Lipinski definition) is 2. The van der Waals surface area contributed by atoms with Crippen LogP contribution in [0.5, 0.6) is 0 Å². The Bertz CT molecular complexity index is 240. The van der Waals surface area contributed by atoms with E-state index in [9.17, 15) is 4.79 Å². The van der Waals surface area contributed by atoms with Crippen molar-refractivity contribution in [3.8, 4) is 0 Å². The molecular weight excluding hydrogens is 194 g/mol. The maximum Gasteiger partial charge on any atom is 0.276 e. The van der Waals surface area contributed by atoms with Gasteiger partial charge in [-0.25, -0.2) is 0 Å². The normalized spacial score (nSPS) is 11.0. The molecule has 0 aromatic rings. The minimum Gasteiger partial charge on any atom is -0.344 e. The highest BCUT2D eigenvalue weighted by atomic mass is 32.1. The number of thiol groups is 1. The average molecular weight is 213 g/mol. The molecule has 0 aromatic carbocycles. The predicted octanol–water partition coefficient (Wildman–Crippen LogP) is 3.32. The van der Waals surface area contributed by atoms with Crippen LogP contribution in [0.2, 0.25) is 0 Å². The van der Waals surface area contributed by atoms with Gasteiger partial charge < -0.3 is 5.32 Å². The zero-order valence-corrected chi connectivity index (χ0v) is 10.0. The smallest absolute Gasteiger partial charge is 0.276 e. The molecule has 0 aromatic heterocycles. The van der Waals surface area contributed by atoms with Gasteiger partial charge in [-0.1, -0.05) is 35.9 Å². The summed E-state index contributed by atoms with van der Waals surface area (Å²) in [6.07, 6.45) is 6.36. The van der Waals surface area contributed by atoms with Gasteiger partial charge in [-0.05, 0) is 33.6 Å². The summed E-state index contributed by atoms with van der Waals surface area (Å²) in [5.74, 6) is 0. The fourth-order valence-corrected chi connectivity index (χ4v) is 1.09. The number of amides is 1. The van der Waals surface area contributed by atoms with Crippen LogP contribution in [0.1, 0.15) is 33.6 Å². The van der Waals surface area contributed by atoms with Crippen molar-refractivity contribution >= 4 is 17.9 Å². The number of allylic oxidation sites excluding steroid dienone is 3. The molecular formula is C11H19NOS. The van der Waals surface area contributed by atoms with E-state index in [-0.39, 0.29) is 5.24 Å². The molecule has 14 heavy (non-hydrogen) atoms. The number of hydrogen-bond acceptors (Lipinski definition) is 1. The Balaban J connectivity index is 3.67. The Morgan fingerprint density at radius 3 is 2.43 bits per heavy atom. The van der Waals surface area contributed by atoms with Crippen molar-refractivity contribution in [3.63, 3.8) is 0 Å². The molecule has 0 heterocycles. The van der Waals surface area contributed by atoms with Crippen LogP contribution in [0.15, 0.2) is 23.3 Å². The van der Waals surface area contributed by atoms with E-state index in [4.69, 9.17) is 0 Å². The third kappa shape index (κ3) is 9.39. The lowest BCUT2D eigenvalue weighted by atomic mass is 10.1. The summed E-state index contributed by atoms with van der Waals surface area (Å²) in [6.45, 7) is 6.84. The number of carbonyl (C=O) groups excluding carboxylic acids is 1. The van der Waals surface area contributed by atoms with E-state index in [0.717, 1.165) is 12.8 Å². The van der Waals surface area contributed by atoms with Gasteiger partial charge in [0.15, 0.2) is 0 Å². The molecule has 2 nitrogen and oxygen atoms in total. The lowest BCUT2D eigenvalue weighted by Crippen LogP contribution is -2.16. The van der Waals surface area contributed by atoms with Crippen LogP contribution >= 0.6 is 12.6 Å². The molecule has 0 aliphatic carbocycles. The molecule has 0 fully saturated rings. The molecule has 0 spiro atoms. The summed E-state index contributed by atoms with van der Waals surface area (Å²) >= 11 is 3.61. The van der Waals surface area contributed by atoms with E-state index in [1.807, 2.05) is 6.08 Å². The highest BCUT2D eigenvalue weighted by Crippen LogP contribution is 2.05. The Hall–Kier alpha value is -0.700. The second-order valence-corrected chi connectivity index (χ2v) is 3.96. The van der Waals surface area contributed by atoms with Crippen molar-refractivity contribution in [2.75, 3.05) is 6.54 Å². The summed E-state index contributed by atoms with van der Waals surface area (Å²) in [6, 6.07) is 0. The summed E-state index contributed by atoms with van der Waals surface area (Å²) in [7, 11) is 0. The molecule has 0 aliphatic rings. The van der Waals surface area contributed by atoms with E-state index in [0.29, 0.717) is 6.54 Å². The highest BCUT2D eigenvalue weighted by molar-refractivity contribution is 7.96. The van der Waals surface area contributed by atoms with Crippen LogP contribution in [0.25, 0.3) is 0 Å². The predicted molar refractivity (Wildman–Crippen MR) is 64.8 cm³/mol. The van der Waals surface area contributed by atoms with Gasteiger partial charge in [0.1, 0.15) is 0 Å². The zero-order chi connectivity index (χ0) is 11.0. The second-order valence-electron chi connectivity index (χ2n) is 3.56. The first-order valence-corrected chi connectivity index (χ1v) is 5.23. The van der Waals surface area contributed by atoms with E-state index in [2.05, 4.69) is 44.8 Å². The summed E-state index contributed by atoms with van der Waals surface area (Å²) in [5.41, 5.74) is 2.64. The van der Waals surface area contributed by atoms with Crippen molar-refractivity contribution in [2.24, 2.45) is 0 Å². The van der Waals surface area contributed by atoms with E-state index < -0.39 is 0 Å². The largest absolute Gasteiger partial charge is 0.344 e. The first-order chi connectivity index (χ1) is 6.52. The lowest BCUT2D eigenvalue weighted by Gasteiger charge is -1.99. The monoisotopic (exact) mass is 213 g/mol. The van der Waals surface area contributed by atoms with Crippen molar-refractivity contribution < 1.29 is 4.79 Å². The van der Waals surface area contributed by atoms with Gasteiger partial charge in [0.2, 0.25) is 0 Å². The molecule has 3 heteroatoms. The summed E-state index contributed by atoms with van der Waals surface area (Å²) in [4.78, 5) is 10.4. The van der Waals surface area contributed by atoms with Gasteiger partial charge in [-0.15, -0.1) is 0 Å². The molecule has 0 unspecified atom stereocenters. The van der Waals surface area contributed by atoms with Gasteiger partial charge >= 0.3 is 0 Å². The molecule has 0 atom stereocenters. The fourth-order valence-electron chi connectivity index (χ4n) is 1.00. The maximum absolute atomic E-state index is 10.4. The summed E-state index contributed by atoms with van der Waals surface area (Å²) < 4.78 is 0. The first kappa shape index (κ1) is 13.3. The minimum absolute atomic E-state index is 0.279. The number of nitrogens with one attached hydrogen (secondary N) is 1. The number of carbonyl (C=O) groups is 1. The second kappa shape index (κ2) is 7.68. The van der Waals surface area contributed by atoms with Gasteiger partial charge in [0.25, 0.3) is 5.24 Å². The molecule has 1 N–H and O–H groups in total. The SMILES string of the molecule is CC(C)=CCC/C(C)=C/CNC(=O)S. The van der Waals surface area contributed by atoms with Gasteiger partial charge in [-0.3, -0.25) is 4.79 Å². The third-order valence-corrected chi connectivity index (χ3v) is 1.95. The average Bonchev–Trinajstić information content (AvgIpc) is 2.02. The molecule has 0 saturated heterocycles. The third-order valence-electron chi connectivity index (χ3n) is 1.80. The van der Waals surface area contributed by atoms with Crippen LogP contribution < -0.4 is 5.32 Å². The van der Waals surface area contributed by atoms with Crippen molar-refractivity contribution in [1.29, 1.82) is 0 Å². The zero-order valence-electron chi connectivity index (χ0n) is 9.13. The van der Waals surface area contributed by atoms with E-state index in [1.165, 1.54) is 11.1 Å². The van der Waals surface area contributed by atoms with Crippen LogP contribution in [0.3, 0.4) is 0 Å². The molecule has 1 amide bonds. The molecule has 80 valence electrons. The van der Waals surface area contributed by atoms with E-state index >= 15 is 0 Å². The van der Waals surface area contributed by atoms with Crippen LogP contribution in [0.4, 0.5) is 4.79 Å². The number of rotatable bonds is 5. The molecule has 0 saturated carbocycles. The standard InChI is InChI=1S/C11H19NOS/c1-9(2)5-4-6-10(3)7-8-12-11(13)14/h5,7H,4,6,8H2,1-3H3,(H2,12,13,14)/b10-7+. The van der Waals surface area contributed by atoms with Crippen molar-refractivity contribution in [2.45, 2.75) is 33.6 Å². The van der Waals surface area contributed by atoms with E-state index in [1.54, 1.807) is 0 Å². The molecule has 0 rings (SSSR count). The van der Waals surface area contributed by atoms with Crippen LogP contribution in [-0.4, -0.2) is 11.8 Å². The Morgan fingerprint density at radius 1 is 1.29 bits per heavy atom. The fraction of sp³-hybridized carbons (Fsp3) is 0.545. The maximum atomic E-state index is 10.4. The topological polar surface area (TPSA) is 29.1 Å². The van der Waals surface area contributed by atoms with Gasteiger partial charge in [0.05, 0.1) is 0 Å². The Kier molecular flexibility index (Phi) is 7.30. The van der Waals surface area contributed by atoms with Crippen molar-refractivity contribution in [3.05, 3.63) is 23.3 Å². The minimum atomic E-state index is -0.279. The Morgan fingerprint density at radius 2 is 1.93 bits per heavy atom. The Labute approximate surface area is 91.9 Å². The summed E-state index contributed by atoms with van der Waals surface area (Å²) in [5, 5.41) is 2.33. The van der Waals surface area contributed by atoms with Crippen LogP contribution in [-0.2, 0) is 0 Å². The van der Waals surface area contributed by atoms with Crippen LogP contribution in [0, 0.1) is 0 Å².